The molecule has 2 aliphatic heterocycles. The summed E-state index contributed by atoms with van der Waals surface area (Å²) in [6.45, 7) is 3.78. The van der Waals surface area contributed by atoms with E-state index in [9.17, 15) is 26.4 Å². The SMILES string of the molecule is CCn1c(-c2cnc(C)nc2)nc2c(-c3ccc4c(c3)[C@]3(CCCN3S(=O)(=O)C(F)(F)F)C(=O)N4)ncnc21. The normalized spacial score (nSPS) is 19.7. The summed E-state index contributed by atoms with van der Waals surface area (Å²) >= 11 is 0. The predicted octanol–water partition coefficient (Wildman–Crippen LogP) is 3.37. The molecule has 5 heterocycles. The van der Waals surface area contributed by atoms with Gasteiger partial charge in [0.05, 0.1) is 5.56 Å². The van der Waals surface area contributed by atoms with E-state index in [-0.39, 0.29) is 28.4 Å². The van der Waals surface area contributed by atoms with Crippen LogP contribution >= 0.6 is 0 Å². The number of halogens is 3. The highest BCUT2D eigenvalue weighted by atomic mass is 32.2. The van der Waals surface area contributed by atoms with Crippen molar-refractivity contribution in [2.45, 2.75) is 44.3 Å². The Balaban J connectivity index is 1.53. The van der Waals surface area contributed by atoms with Crippen molar-refractivity contribution < 1.29 is 26.4 Å². The lowest BCUT2D eigenvalue weighted by Gasteiger charge is -2.32. The molecule has 1 amide bonds. The summed E-state index contributed by atoms with van der Waals surface area (Å²) in [6, 6.07) is 4.70. The summed E-state index contributed by atoms with van der Waals surface area (Å²) in [6.07, 6.45) is 4.65. The molecule has 39 heavy (non-hydrogen) atoms. The van der Waals surface area contributed by atoms with Crippen LogP contribution in [0, 0.1) is 6.92 Å². The van der Waals surface area contributed by atoms with Crippen molar-refractivity contribution in [3.8, 4) is 22.6 Å². The summed E-state index contributed by atoms with van der Waals surface area (Å²) < 4.78 is 67.9. The lowest BCUT2D eigenvalue weighted by Crippen LogP contribution is -2.53. The van der Waals surface area contributed by atoms with Gasteiger partial charge in [-0.1, -0.05) is 6.07 Å². The number of amides is 1. The third-order valence-corrected chi connectivity index (χ3v) is 8.82. The first-order valence-electron chi connectivity index (χ1n) is 12.0. The third kappa shape index (κ3) is 3.56. The summed E-state index contributed by atoms with van der Waals surface area (Å²) in [5.74, 6) is 0.341. The van der Waals surface area contributed by atoms with Crippen LogP contribution in [0.15, 0.2) is 36.9 Å². The number of carbonyl (C=O) groups excluding carboxylic acids is 1. The Bertz CT molecular complexity index is 1760. The molecule has 1 aromatic carbocycles. The van der Waals surface area contributed by atoms with Gasteiger partial charge in [-0.25, -0.2) is 33.3 Å². The van der Waals surface area contributed by atoms with Crippen molar-refractivity contribution in [3.63, 3.8) is 0 Å². The number of rotatable bonds is 4. The third-order valence-electron chi connectivity index (χ3n) is 7.16. The van der Waals surface area contributed by atoms with Gasteiger partial charge in [-0.05, 0) is 38.8 Å². The maximum Gasteiger partial charge on any atom is 0.511 e. The Morgan fingerprint density at radius 2 is 1.85 bits per heavy atom. The number of nitrogens with zero attached hydrogens (tertiary/aromatic N) is 7. The fraction of sp³-hybridized carbons (Fsp3) is 0.333. The number of nitrogens with one attached hydrogen (secondary N) is 1. The fourth-order valence-corrected chi connectivity index (χ4v) is 6.71. The smallest absolute Gasteiger partial charge is 0.324 e. The Kier molecular flexibility index (Phi) is 5.52. The van der Waals surface area contributed by atoms with Crippen LogP contribution in [-0.4, -0.2) is 60.2 Å². The summed E-state index contributed by atoms with van der Waals surface area (Å²) in [5.41, 5.74) is -4.75. The summed E-state index contributed by atoms with van der Waals surface area (Å²) in [7, 11) is -5.78. The summed E-state index contributed by atoms with van der Waals surface area (Å²) in [4.78, 5) is 35.2. The number of alkyl halides is 3. The Hall–Kier alpha value is -3.98. The number of hydrogen-bond donors (Lipinski definition) is 1. The zero-order valence-electron chi connectivity index (χ0n) is 20.7. The molecule has 1 atom stereocenters. The van der Waals surface area contributed by atoms with Crippen LogP contribution in [0.3, 0.4) is 0 Å². The van der Waals surface area contributed by atoms with Gasteiger partial charge >= 0.3 is 15.5 Å². The van der Waals surface area contributed by atoms with E-state index in [4.69, 9.17) is 4.98 Å². The van der Waals surface area contributed by atoms with Gasteiger partial charge in [-0.2, -0.15) is 17.5 Å². The van der Waals surface area contributed by atoms with E-state index in [1.165, 1.54) is 18.5 Å². The number of aryl methyl sites for hydroxylation is 2. The maximum absolute atomic E-state index is 13.6. The first-order chi connectivity index (χ1) is 18.5. The Morgan fingerprint density at radius 3 is 2.54 bits per heavy atom. The van der Waals surface area contributed by atoms with Gasteiger partial charge in [0.15, 0.2) is 5.65 Å². The monoisotopic (exact) mass is 558 g/mol. The molecule has 0 aliphatic carbocycles. The van der Waals surface area contributed by atoms with Gasteiger partial charge in [0.25, 0.3) is 5.91 Å². The molecule has 0 bridgehead atoms. The first kappa shape index (κ1) is 25.3. The minimum atomic E-state index is -5.78. The number of anilines is 1. The molecule has 1 spiro atoms. The van der Waals surface area contributed by atoms with E-state index in [0.717, 1.165) is 0 Å². The maximum atomic E-state index is 13.6. The molecule has 15 heteroatoms. The van der Waals surface area contributed by atoms with Crippen molar-refractivity contribution in [1.29, 1.82) is 0 Å². The van der Waals surface area contributed by atoms with E-state index >= 15 is 0 Å². The van der Waals surface area contributed by atoms with Gasteiger partial charge < -0.3 is 9.88 Å². The van der Waals surface area contributed by atoms with Crippen LogP contribution in [0.4, 0.5) is 18.9 Å². The molecular formula is C24H21F3N8O3S. The number of aromatic nitrogens is 6. The van der Waals surface area contributed by atoms with E-state index in [1.54, 1.807) is 25.4 Å². The van der Waals surface area contributed by atoms with E-state index < -0.39 is 33.5 Å². The number of carbonyl (C=O) groups is 1. The second kappa shape index (κ2) is 8.51. The van der Waals surface area contributed by atoms with Crippen molar-refractivity contribution in [2.75, 3.05) is 11.9 Å². The topological polar surface area (TPSA) is 136 Å². The minimum Gasteiger partial charge on any atom is -0.324 e. The van der Waals surface area contributed by atoms with E-state index in [0.29, 0.717) is 46.2 Å². The van der Waals surface area contributed by atoms with Crippen LogP contribution in [0.25, 0.3) is 33.8 Å². The molecule has 3 aromatic heterocycles. The first-order valence-corrected chi connectivity index (χ1v) is 13.5. The van der Waals surface area contributed by atoms with Gasteiger partial charge in [-0.3, -0.25) is 4.79 Å². The second-order valence-electron chi connectivity index (χ2n) is 9.29. The molecular weight excluding hydrogens is 537 g/mol. The van der Waals surface area contributed by atoms with Crippen molar-refractivity contribution in [3.05, 3.63) is 48.3 Å². The second-order valence-corrected chi connectivity index (χ2v) is 11.1. The molecule has 4 aromatic rings. The van der Waals surface area contributed by atoms with E-state index in [2.05, 4.69) is 25.3 Å². The predicted molar refractivity (Wildman–Crippen MR) is 133 cm³/mol. The summed E-state index contributed by atoms with van der Waals surface area (Å²) in [5, 5.41) is 2.57. The van der Waals surface area contributed by atoms with Crippen LogP contribution < -0.4 is 5.32 Å². The van der Waals surface area contributed by atoms with Crippen LogP contribution in [0.2, 0.25) is 0 Å². The number of hydrogen-bond acceptors (Lipinski definition) is 8. The van der Waals surface area contributed by atoms with Crippen LogP contribution in [0.5, 0.6) is 0 Å². The molecule has 1 saturated heterocycles. The van der Waals surface area contributed by atoms with Crippen molar-refractivity contribution in [2.24, 2.45) is 0 Å². The standard InChI is InChI=1S/C24H21F3N8O3S/c1-3-34-20(15-10-28-13(2)29-11-15)33-19-18(30-12-31-21(19)34)14-5-6-17-16(9-14)23(22(36)32-17)7-4-8-35(23)39(37,38)24(25,26)27/h5-6,9-12H,3-4,7-8H2,1-2H3,(H,32,36)/t23-/m1/s1. The number of imidazole rings is 1. The fourth-order valence-electron chi connectivity index (χ4n) is 5.41. The molecule has 1 N–H and O–H groups in total. The van der Waals surface area contributed by atoms with Crippen molar-refractivity contribution >= 4 is 32.8 Å². The van der Waals surface area contributed by atoms with Gasteiger partial charge in [-0.15, -0.1) is 0 Å². The Morgan fingerprint density at radius 1 is 1.10 bits per heavy atom. The number of sulfonamides is 1. The Labute approximate surface area is 220 Å². The highest BCUT2D eigenvalue weighted by molar-refractivity contribution is 7.90. The zero-order valence-corrected chi connectivity index (χ0v) is 21.5. The highest BCUT2D eigenvalue weighted by Crippen LogP contribution is 2.51. The minimum absolute atomic E-state index is 0.0903. The molecule has 0 unspecified atom stereocenters. The average Bonchev–Trinajstić information content (AvgIpc) is 3.58. The molecule has 6 rings (SSSR count). The molecule has 1 fully saturated rings. The van der Waals surface area contributed by atoms with Gasteiger partial charge in [0, 0.05) is 42.3 Å². The number of fused-ring (bicyclic) bond motifs is 3. The lowest BCUT2D eigenvalue weighted by molar-refractivity contribution is -0.124. The lowest BCUT2D eigenvalue weighted by atomic mass is 9.88. The van der Waals surface area contributed by atoms with E-state index in [1.807, 2.05) is 11.5 Å². The molecule has 2 aliphatic rings. The van der Waals surface area contributed by atoms with Gasteiger partial charge in [0.2, 0.25) is 0 Å². The zero-order chi connectivity index (χ0) is 27.7. The van der Waals surface area contributed by atoms with Crippen LogP contribution in [0.1, 0.15) is 31.2 Å². The van der Waals surface area contributed by atoms with Crippen LogP contribution in [-0.2, 0) is 26.9 Å². The van der Waals surface area contributed by atoms with Crippen molar-refractivity contribution in [1.82, 2.24) is 33.8 Å². The largest absolute Gasteiger partial charge is 0.511 e. The molecule has 202 valence electrons. The quantitative estimate of drug-likeness (QED) is 0.403. The molecule has 0 saturated carbocycles. The number of benzene rings is 1. The molecule has 11 nitrogen and oxygen atoms in total. The average molecular weight is 559 g/mol. The highest BCUT2D eigenvalue weighted by Gasteiger charge is 2.64. The molecule has 0 radical (unpaired) electrons. The van der Waals surface area contributed by atoms with Gasteiger partial charge in [0.1, 0.15) is 34.7 Å².